The van der Waals surface area contributed by atoms with Gasteiger partial charge in [0.2, 0.25) is 0 Å². The molecule has 0 saturated carbocycles. The number of nitrogens with two attached hydrogens (primary N) is 1. The maximum Gasteiger partial charge on any atom is 4.00 e. The minimum atomic E-state index is -3.63. The molecule has 0 aliphatic carbocycles. The molecule has 12 heteroatoms. The van der Waals surface area contributed by atoms with Crippen LogP contribution < -0.4 is 25.3 Å². The summed E-state index contributed by atoms with van der Waals surface area (Å²) in [5, 5.41) is 7.60. The molecule has 0 amide bonds. The minimum absolute atomic E-state index is 0. The van der Waals surface area contributed by atoms with Crippen molar-refractivity contribution < 1.29 is 64.8 Å². The molecular weight excluding hydrogens is 319 g/mol. The van der Waals surface area contributed by atoms with E-state index in [2.05, 4.69) is 5.73 Å². The number of carboxylic acid groups (broad SMARTS) is 1. The van der Waals surface area contributed by atoms with Gasteiger partial charge >= 0.3 is 32.2 Å². The number of hydrogen-bond donors (Lipinski definition) is 2. The van der Waals surface area contributed by atoms with Crippen LogP contribution >= 0.6 is 16.5 Å². The Hall–Kier alpha value is 0.613. The molecule has 0 spiro atoms. The molecule has 0 aliphatic heterocycles. The number of aliphatic carboxylic acids is 1. The van der Waals surface area contributed by atoms with Crippen molar-refractivity contribution in [2.75, 3.05) is 6.54 Å². The summed E-state index contributed by atoms with van der Waals surface area (Å²) < 4.78 is 17.0. The molecule has 0 fully saturated rings. The first-order valence-electron chi connectivity index (χ1n) is 2.41. The zero-order chi connectivity index (χ0) is 11.4. The van der Waals surface area contributed by atoms with E-state index in [-0.39, 0.29) is 32.7 Å². The van der Waals surface area contributed by atoms with E-state index in [1.54, 1.807) is 0 Å². The summed E-state index contributed by atoms with van der Waals surface area (Å²) in [6.07, 6.45) is 0. The number of carboxylic acids is 1. The van der Waals surface area contributed by atoms with E-state index in [0.29, 0.717) is 0 Å². The maximum absolute atomic E-state index is 9.24. The summed E-state index contributed by atoms with van der Waals surface area (Å²) in [4.78, 5) is 43.3. The summed E-state index contributed by atoms with van der Waals surface area (Å²) in [6, 6.07) is 0. The van der Waals surface area contributed by atoms with Gasteiger partial charge < -0.3 is 39.5 Å². The monoisotopic (exact) mass is 325 g/mol. The van der Waals surface area contributed by atoms with Crippen molar-refractivity contribution in [2.45, 2.75) is 0 Å². The van der Waals surface area contributed by atoms with Gasteiger partial charge in [-0.15, -0.1) is 0 Å². The normalized spacial score (nSPS) is 7.64. The molecule has 0 aromatic heterocycles. The maximum atomic E-state index is 9.24. The Morgan fingerprint density at radius 1 is 1.14 bits per heavy atom. The minimum Gasteiger partial charge on any atom is -0.813 e. The Morgan fingerprint density at radius 2 is 1.21 bits per heavy atom. The van der Waals surface area contributed by atoms with Crippen molar-refractivity contribution in [2.24, 2.45) is 5.73 Å². The standard InChI is InChI=1S/C2H5NO2.2H3O3P.Zr/c3-1-2(4)5;2*1-4(2)3;/h1,3H2,(H,4,5);2*4H,(H2,1,2,3);/q;;;+4/p-4. The van der Waals surface area contributed by atoms with Crippen LogP contribution in [0.1, 0.15) is 0 Å². The number of carbonyl (C=O) groups is 1. The molecule has 0 bridgehead atoms. The summed E-state index contributed by atoms with van der Waals surface area (Å²) in [6.45, 7) is -0.278. The van der Waals surface area contributed by atoms with Crippen LogP contribution in [0, 0.1) is 0 Å². The zero-order valence-electron chi connectivity index (χ0n) is 6.59. The fourth-order valence-electron chi connectivity index (χ4n) is 0. The first-order chi connectivity index (χ1) is 5.73. The van der Waals surface area contributed by atoms with E-state index < -0.39 is 22.5 Å². The smallest absolute Gasteiger partial charge is 0.813 e. The molecule has 0 saturated heterocycles. The summed E-state index contributed by atoms with van der Waals surface area (Å²) in [5.41, 5.74) is 4.57. The molecule has 0 aliphatic rings. The molecule has 9 nitrogen and oxygen atoms in total. The second-order valence-electron chi connectivity index (χ2n) is 1.10. The van der Waals surface area contributed by atoms with E-state index in [4.69, 9.17) is 33.8 Å². The molecule has 0 unspecified atom stereocenters. The Morgan fingerprint density at radius 3 is 1.21 bits per heavy atom. The van der Waals surface area contributed by atoms with E-state index in [1.165, 1.54) is 0 Å². The second-order valence-corrected chi connectivity index (χ2v) is 2.10. The quantitative estimate of drug-likeness (QED) is 0.445. The Kier molecular flexibility index (Phi) is 33.0. The van der Waals surface area contributed by atoms with Crippen molar-refractivity contribution in [1.29, 1.82) is 0 Å². The predicted molar refractivity (Wildman–Crippen MR) is 34.7 cm³/mol. The van der Waals surface area contributed by atoms with Gasteiger partial charge in [-0.3, -0.25) is 4.79 Å². The molecule has 0 aromatic carbocycles. The van der Waals surface area contributed by atoms with Crippen molar-refractivity contribution in [1.82, 2.24) is 0 Å². The van der Waals surface area contributed by atoms with Crippen molar-refractivity contribution in [3.8, 4) is 0 Å². The van der Waals surface area contributed by atoms with Crippen molar-refractivity contribution in [3.05, 3.63) is 0 Å². The average molecular weight is 326 g/mol. The zero-order valence-corrected chi connectivity index (χ0v) is 11.0. The van der Waals surface area contributed by atoms with Crippen LogP contribution in [0.3, 0.4) is 0 Å². The van der Waals surface area contributed by atoms with Crippen LogP contribution in [-0.2, 0) is 40.1 Å². The van der Waals surface area contributed by atoms with E-state index in [9.17, 15) is 4.79 Å². The summed E-state index contributed by atoms with van der Waals surface area (Å²) in [7, 11) is -7.26. The molecule has 0 radical (unpaired) electrons. The molecule has 0 aromatic rings. The SMILES string of the molecule is NCC(=O)O.O=[PH]([O-])[O-].O=[PH]([O-])[O-].[Zr+4]. The van der Waals surface area contributed by atoms with Gasteiger partial charge in [0.05, 0.1) is 6.54 Å². The first kappa shape index (κ1) is 24.0. The van der Waals surface area contributed by atoms with Crippen LogP contribution in [0.2, 0.25) is 0 Å². The predicted octanol–water partition coefficient (Wildman–Crippen LogP) is -4.78. The largest absolute Gasteiger partial charge is 4.00 e. The van der Waals surface area contributed by atoms with Gasteiger partial charge in [0, 0.05) is 0 Å². The fourth-order valence-corrected chi connectivity index (χ4v) is 0. The van der Waals surface area contributed by atoms with Gasteiger partial charge in [0.15, 0.2) is 0 Å². The topological polar surface area (TPSA) is 190 Å². The first-order valence-corrected chi connectivity index (χ1v) is 4.86. The molecule has 0 heterocycles. The summed E-state index contributed by atoms with van der Waals surface area (Å²) in [5.74, 6) is -0.968. The molecule has 14 heavy (non-hydrogen) atoms. The Bertz CT molecular complexity index is 155. The Balaban J connectivity index is -0.0000000522. The molecular formula is C2H7NO8P2Zr. The van der Waals surface area contributed by atoms with Crippen molar-refractivity contribution in [3.63, 3.8) is 0 Å². The van der Waals surface area contributed by atoms with Crippen LogP contribution in [0.5, 0.6) is 0 Å². The van der Waals surface area contributed by atoms with Gasteiger partial charge in [-0.2, -0.15) is 0 Å². The third kappa shape index (κ3) is 249. The van der Waals surface area contributed by atoms with Gasteiger partial charge in [0.1, 0.15) is 0 Å². The fraction of sp³-hybridized carbons (Fsp3) is 0.500. The third-order valence-electron chi connectivity index (χ3n) is 0.175. The van der Waals surface area contributed by atoms with E-state index in [0.717, 1.165) is 0 Å². The van der Waals surface area contributed by atoms with Gasteiger partial charge in [-0.1, -0.05) is 16.5 Å². The van der Waals surface area contributed by atoms with E-state index >= 15 is 0 Å². The van der Waals surface area contributed by atoms with Crippen molar-refractivity contribution >= 4 is 22.5 Å². The summed E-state index contributed by atoms with van der Waals surface area (Å²) >= 11 is 0. The Labute approximate surface area is 99.6 Å². The number of hydrogen-bond acceptors (Lipinski definition) is 8. The molecule has 82 valence electrons. The van der Waals surface area contributed by atoms with E-state index in [1.807, 2.05) is 0 Å². The van der Waals surface area contributed by atoms with Crippen LogP contribution in [0.4, 0.5) is 0 Å². The van der Waals surface area contributed by atoms with Crippen LogP contribution in [0.15, 0.2) is 0 Å². The van der Waals surface area contributed by atoms with Crippen LogP contribution in [-0.4, -0.2) is 17.6 Å². The van der Waals surface area contributed by atoms with Gasteiger partial charge in [0.25, 0.3) is 0 Å². The molecule has 0 rings (SSSR count). The van der Waals surface area contributed by atoms with Crippen LogP contribution in [0.25, 0.3) is 0 Å². The van der Waals surface area contributed by atoms with Gasteiger partial charge in [-0.05, 0) is 0 Å². The number of rotatable bonds is 1. The molecule has 3 N–H and O–H groups in total. The van der Waals surface area contributed by atoms with Gasteiger partial charge in [-0.25, -0.2) is 0 Å². The average Bonchev–Trinajstić information content (AvgIpc) is 1.84. The molecule has 0 atom stereocenters. The third-order valence-corrected chi connectivity index (χ3v) is 0.175. The second kappa shape index (κ2) is 19.2.